The number of sulfonamides is 1. The summed E-state index contributed by atoms with van der Waals surface area (Å²) < 4.78 is 29.7. The number of ketones is 1. The zero-order chi connectivity index (χ0) is 13.8. The molecular formula is C11H19NO5S. The van der Waals surface area contributed by atoms with Crippen molar-refractivity contribution in [3.05, 3.63) is 0 Å². The lowest BCUT2D eigenvalue weighted by Crippen LogP contribution is -2.43. The number of esters is 1. The van der Waals surface area contributed by atoms with E-state index < -0.39 is 16.0 Å². The zero-order valence-electron chi connectivity index (χ0n) is 10.7. The fraction of sp³-hybridized carbons (Fsp3) is 0.818. The Bertz CT molecular complexity index is 417. The van der Waals surface area contributed by atoms with Crippen LogP contribution in [0.3, 0.4) is 0 Å². The van der Waals surface area contributed by atoms with Crippen LogP contribution in [0, 0.1) is 5.92 Å². The molecule has 1 atom stereocenters. The minimum absolute atomic E-state index is 0.0165. The summed E-state index contributed by atoms with van der Waals surface area (Å²) in [5, 5.41) is 0. The van der Waals surface area contributed by atoms with Crippen molar-refractivity contribution in [3.8, 4) is 0 Å². The summed E-state index contributed by atoms with van der Waals surface area (Å²) in [6, 6.07) is 0. The summed E-state index contributed by atoms with van der Waals surface area (Å²) in [5.74, 6) is -1.00. The lowest BCUT2D eigenvalue weighted by atomic mass is 9.96. The Morgan fingerprint density at radius 3 is 2.61 bits per heavy atom. The maximum Gasteiger partial charge on any atom is 0.306 e. The van der Waals surface area contributed by atoms with Gasteiger partial charge >= 0.3 is 5.97 Å². The molecule has 1 heterocycles. The highest BCUT2D eigenvalue weighted by atomic mass is 32.2. The Labute approximate surface area is 107 Å². The molecular weight excluding hydrogens is 258 g/mol. The topological polar surface area (TPSA) is 80.8 Å². The van der Waals surface area contributed by atoms with Crippen molar-refractivity contribution in [3.63, 3.8) is 0 Å². The minimum atomic E-state index is -3.47. The number of hydrogen-bond acceptors (Lipinski definition) is 5. The Kier molecular flexibility index (Phi) is 5.28. The average molecular weight is 277 g/mol. The summed E-state index contributed by atoms with van der Waals surface area (Å²) in [6.07, 6.45) is 1.26. The second-order valence-electron chi connectivity index (χ2n) is 4.45. The van der Waals surface area contributed by atoms with Crippen LogP contribution >= 0.6 is 0 Å². The van der Waals surface area contributed by atoms with Crippen LogP contribution in [0.4, 0.5) is 0 Å². The molecule has 1 saturated heterocycles. The second kappa shape index (κ2) is 6.29. The highest BCUT2D eigenvalue weighted by Gasteiger charge is 2.30. The Balaban J connectivity index is 2.61. The van der Waals surface area contributed by atoms with Gasteiger partial charge < -0.3 is 4.74 Å². The molecule has 0 N–H and O–H groups in total. The first-order valence-electron chi connectivity index (χ1n) is 5.92. The van der Waals surface area contributed by atoms with Gasteiger partial charge in [0.25, 0.3) is 0 Å². The van der Waals surface area contributed by atoms with E-state index in [1.54, 1.807) is 0 Å². The van der Waals surface area contributed by atoms with Gasteiger partial charge in [-0.2, -0.15) is 0 Å². The molecule has 1 aliphatic rings. The summed E-state index contributed by atoms with van der Waals surface area (Å²) in [7, 11) is -2.25. The van der Waals surface area contributed by atoms with Crippen LogP contribution in [0.1, 0.15) is 26.2 Å². The molecule has 0 saturated carbocycles. The monoisotopic (exact) mass is 277 g/mol. The van der Waals surface area contributed by atoms with Gasteiger partial charge in [-0.25, -0.2) is 12.7 Å². The van der Waals surface area contributed by atoms with Crippen molar-refractivity contribution in [2.24, 2.45) is 5.92 Å². The maximum absolute atomic E-state index is 12.0. The Morgan fingerprint density at radius 2 is 2.06 bits per heavy atom. The number of piperidine rings is 1. The molecule has 0 aromatic carbocycles. The van der Waals surface area contributed by atoms with E-state index in [0.717, 1.165) is 6.42 Å². The summed E-state index contributed by atoms with van der Waals surface area (Å²) in [5.41, 5.74) is 0. The molecule has 7 heteroatoms. The van der Waals surface area contributed by atoms with Crippen LogP contribution in [0.25, 0.3) is 0 Å². The number of hydrogen-bond donors (Lipinski definition) is 0. The molecule has 0 spiro atoms. The van der Waals surface area contributed by atoms with Gasteiger partial charge in [-0.3, -0.25) is 9.59 Å². The molecule has 0 aromatic rings. The van der Waals surface area contributed by atoms with Crippen LogP contribution in [0.5, 0.6) is 0 Å². The van der Waals surface area contributed by atoms with E-state index in [0.29, 0.717) is 13.0 Å². The number of Topliss-reactive ketones (excluding diaryl/α,β-unsaturated/α-hetero) is 1. The van der Waals surface area contributed by atoms with Gasteiger partial charge in [0.1, 0.15) is 5.78 Å². The van der Waals surface area contributed by atoms with Crippen molar-refractivity contribution in [2.75, 3.05) is 26.0 Å². The third-order valence-electron chi connectivity index (χ3n) is 3.14. The first-order chi connectivity index (χ1) is 8.36. The molecule has 18 heavy (non-hydrogen) atoms. The highest BCUT2D eigenvalue weighted by Crippen LogP contribution is 2.20. The lowest BCUT2D eigenvalue weighted by molar-refractivity contribution is -0.140. The quantitative estimate of drug-likeness (QED) is 0.670. The Morgan fingerprint density at radius 1 is 1.39 bits per heavy atom. The van der Waals surface area contributed by atoms with Gasteiger partial charge in [0.15, 0.2) is 0 Å². The molecule has 0 amide bonds. The number of ether oxygens (including phenoxy) is 1. The van der Waals surface area contributed by atoms with Crippen LogP contribution < -0.4 is 0 Å². The van der Waals surface area contributed by atoms with Gasteiger partial charge in [0, 0.05) is 19.0 Å². The van der Waals surface area contributed by atoms with E-state index in [2.05, 4.69) is 4.74 Å². The first kappa shape index (κ1) is 15.1. The van der Waals surface area contributed by atoms with Crippen LogP contribution in [0.15, 0.2) is 0 Å². The summed E-state index contributed by atoms with van der Waals surface area (Å²) >= 11 is 0. The van der Waals surface area contributed by atoms with E-state index in [1.807, 2.05) is 0 Å². The molecule has 1 aliphatic heterocycles. The van der Waals surface area contributed by atoms with Crippen molar-refractivity contribution >= 4 is 21.8 Å². The van der Waals surface area contributed by atoms with Gasteiger partial charge in [0.05, 0.1) is 19.3 Å². The van der Waals surface area contributed by atoms with E-state index in [1.165, 1.54) is 18.3 Å². The second-order valence-corrected chi connectivity index (χ2v) is 6.54. The van der Waals surface area contributed by atoms with E-state index >= 15 is 0 Å². The number of carbonyl (C=O) groups excluding carboxylic acids is 2. The number of carbonyl (C=O) groups is 2. The Hall–Kier alpha value is -0.950. The van der Waals surface area contributed by atoms with Crippen molar-refractivity contribution < 1.29 is 22.7 Å². The average Bonchev–Trinajstić information content (AvgIpc) is 2.36. The largest absolute Gasteiger partial charge is 0.469 e. The SMILES string of the molecule is COC(=O)CCS(=O)(=O)N1CCCC(C(C)=O)C1. The smallest absolute Gasteiger partial charge is 0.306 e. The number of nitrogens with zero attached hydrogens (tertiary/aromatic N) is 1. The summed E-state index contributed by atoms with van der Waals surface area (Å²) in [4.78, 5) is 22.2. The van der Waals surface area contributed by atoms with Crippen molar-refractivity contribution in [2.45, 2.75) is 26.2 Å². The van der Waals surface area contributed by atoms with E-state index in [9.17, 15) is 18.0 Å². The van der Waals surface area contributed by atoms with Gasteiger partial charge in [-0.15, -0.1) is 0 Å². The van der Waals surface area contributed by atoms with Gasteiger partial charge in [-0.1, -0.05) is 0 Å². The van der Waals surface area contributed by atoms with Crippen LogP contribution in [-0.4, -0.2) is 50.4 Å². The molecule has 104 valence electrons. The van der Waals surface area contributed by atoms with E-state index in [-0.39, 0.29) is 30.4 Å². The molecule has 1 rings (SSSR count). The molecule has 1 unspecified atom stereocenters. The maximum atomic E-state index is 12.0. The third kappa shape index (κ3) is 4.06. The van der Waals surface area contributed by atoms with Crippen molar-refractivity contribution in [1.29, 1.82) is 0 Å². The molecule has 0 aliphatic carbocycles. The molecule has 0 aromatic heterocycles. The zero-order valence-corrected chi connectivity index (χ0v) is 11.5. The summed E-state index contributed by atoms with van der Waals surface area (Å²) in [6.45, 7) is 2.14. The van der Waals surface area contributed by atoms with Crippen molar-refractivity contribution in [1.82, 2.24) is 4.31 Å². The van der Waals surface area contributed by atoms with Gasteiger partial charge in [0.2, 0.25) is 10.0 Å². The first-order valence-corrected chi connectivity index (χ1v) is 7.53. The fourth-order valence-corrected chi connectivity index (χ4v) is 3.47. The fourth-order valence-electron chi connectivity index (χ4n) is 1.97. The minimum Gasteiger partial charge on any atom is -0.469 e. The molecule has 6 nitrogen and oxygen atoms in total. The molecule has 0 radical (unpaired) electrons. The normalized spacial score (nSPS) is 21.6. The highest BCUT2D eigenvalue weighted by molar-refractivity contribution is 7.89. The molecule has 0 bridgehead atoms. The molecule has 1 fully saturated rings. The lowest BCUT2D eigenvalue weighted by Gasteiger charge is -2.30. The predicted molar refractivity (Wildman–Crippen MR) is 65.4 cm³/mol. The third-order valence-corrected chi connectivity index (χ3v) is 4.98. The van der Waals surface area contributed by atoms with Crippen LogP contribution in [-0.2, 0) is 24.3 Å². The predicted octanol–water partition coefficient (Wildman–Crippen LogP) is 0.180. The number of rotatable bonds is 5. The van der Waals surface area contributed by atoms with Gasteiger partial charge in [-0.05, 0) is 19.8 Å². The standard InChI is InChI=1S/C11H19NO5S/c1-9(13)10-4-3-6-12(8-10)18(15,16)7-5-11(14)17-2/h10H,3-8H2,1-2H3. The number of methoxy groups -OCH3 is 1. The van der Waals surface area contributed by atoms with E-state index in [4.69, 9.17) is 0 Å². The van der Waals surface area contributed by atoms with Crippen LogP contribution in [0.2, 0.25) is 0 Å².